The molecule has 1 aliphatic rings. The molecule has 22 heavy (non-hydrogen) atoms. The first-order chi connectivity index (χ1) is 10.1. The third kappa shape index (κ3) is 4.99. The average molecular weight is 325 g/mol. The van der Waals surface area contributed by atoms with Crippen molar-refractivity contribution < 1.29 is 4.79 Å². The molecule has 0 fully saturated rings. The van der Waals surface area contributed by atoms with Crippen LogP contribution in [0.2, 0.25) is 0 Å². The van der Waals surface area contributed by atoms with Crippen LogP contribution in [0.15, 0.2) is 24.3 Å². The van der Waals surface area contributed by atoms with Crippen molar-refractivity contribution in [2.75, 3.05) is 6.54 Å². The van der Waals surface area contributed by atoms with Crippen LogP contribution in [0.4, 0.5) is 0 Å². The number of halogens is 1. The Kier molecular flexibility index (Phi) is 7.37. The second kappa shape index (κ2) is 8.54. The summed E-state index contributed by atoms with van der Waals surface area (Å²) in [5, 5.41) is 3.03. The highest BCUT2D eigenvalue weighted by atomic mass is 35.5. The van der Waals surface area contributed by atoms with Gasteiger partial charge in [0.05, 0.1) is 0 Å². The van der Waals surface area contributed by atoms with Crippen LogP contribution in [-0.4, -0.2) is 18.0 Å². The number of fused-ring (bicyclic) bond motifs is 1. The summed E-state index contributed by atoms with van der Waals surface area (Å²) < 4.78 is 0. The molecule has 0 heterocycles. The summed E-state index contributed by atoms with van der Waals surface area (Å²) in [5.74, 6) is 0.617. The maximum Gasteiger partial charge on any atom is 0.220 e. The third-order valence-corrected chi connectivity index (χ3v) is 4.97. The van der Waals surface area contributed by atoms with Crippen LogP contribution in [0.1, 0.15) is 50.7 Å². The van der Waals surface area contributed by atoms with Crippen molar-refractivity contribution in [2.24, 2.45) is 11.7 Å². The fourth-order valence-electron chi connectivity index (χ4n) is 3.06. The van der Waals surface area contributed by atoms with E-state index in [1.807, 2.05) is 0 Å². The molecule has 4 heteroatoms. The maximum atomic E-state index is 12.1. The lowest BCUT2D eigenvalue weighted by Gasteiger charge is -2.28. The summed E-state index contributed by atoms with van der Waals surface area (Å²) in [6.45, 7) is 4.74. The number of hydrogen-bond donors (Lipinski definition) is 2. The Morgan fingerprint density at radius 1 is 1.27 bits per heavy atom. The Balaban J connectivity index is 0.00000242. The first-order valence-corrected chi connectivity index (χ1v) is 8.18. The normalized spacial score (nSPS) is 17.3. The van der Waals surface area contributed by atoms with Crippen molar-refractivity contribution in [3.63, 3.8) is 0 Å². The van der Waals surface area contributed by atoms with E-state index in [1.54, 1.807) is 0 Å². The number of aryl methyl sites for hydroxylation is 1. The maximum absolute atomic E-state index is 12.1. The van der Waals surface area contributed by atoms with Crippen LogP contribution in [-0.2, 0) is 17.6 Å². The molecule has 1 atom stereocenters. The second-order valence-electron chi connectivity index (χ2n) is 6.43. The lowest BCUT2D eigenvalue weighted by atomic mass is 9.82. The van der Waals surface area contributed by atoms with Crippen LogP contribution in [0.5, 0.6) is 0 Å². The molecule has 0 bridgehead atoms. The van der Waals surface area contributed by atoms with Crippen molar-refractivity contribution in [3.8, 4) is 0 Å². The largest absolute Gasteiger partial charge is 0.354 e. The molecule has 1 aliphatic carbocycles. The number of benzene rings is 1. The fourth-order valence-corrected chi connectivity index (χ4v) is 3.06. The van der Waals surface area contributed by atoms with Crippen LogP contribution >= 0.6 is 12.4 Å². The molecule has 1 aromatic carbocycles. The summed E-state index contributed by atoms with van der Waals surface area (Å²) in [7, 11) is 0. The number of carbonyl (C=O) groups is 1. The molecule has 3 nitrogen and oxygen atoms in total. The Morgan fingerprint density at radius 3 is 2.55 bits per heavy atom. The molecule has 0 saturated heterocycles. The van der Waals surface area contributed by atoms with Crippen molar-refractivity contribution in [1.29, 1.82) is 0 Å². The molecule has 0 radical (unpaired) electrons. The van der Waals surface area contributed by atoms with E-state index in [9.17, 15) is 4.79 Å². The number of carbonyl (C=O) groups excluding carboxylic acids is 1. The minimum Gasteiger partial charge on any atom is -0.354 e. The van der Waals surface area contributed by atoms with E-state index in [4.69, 9.17) is 5.73 Å². The SMILES string of the molecule is CCC(N)(CC)CNC(=O)CC1CCc2ccccc2C1.Cl. The molecule has 0 aliphatic heterocycles. The van der Waals surface area contributed by atoms with E-state index in [2.05, 4.69) is 43.4 Å². The molecule has 1 amide bonds. The van der Waals surface area contributed by atoms with E-state index in [0.29, 0.717) is 18.9 Å². The molecule has 0 saturated carbocycles. The molecular formula is C18H29ClN2O. The van der Waals surface area contributed by atoms with E-state index >= 15 is 0 Å². The predicted octanol–water partition coefficient (Wildman–Crippen LogP) is 3.24. The zero-order chi connectivity index (χ0) is 15.3. The molecule has 124 valence electrons. The minimum absolute atomic E-state index is 0. The monoisotopic (exact) mass is 324 g/mol. The van der Waals surface area contributed by atoms with E-state index < -0.39 is 0 Å². The van der Waals surface area contributed by atoms with Gasteiger partial charge in [0.25, 0.3) is 0 Å². The molecule has 1 unspecified atom stereocenters. The van der Waals surface area contributed by atoms with Gasteiger partial charge in [0, 0.05) is 18.5 Å². The predicted molar refractivity (Wildman–Crippen MR) is 94.3 cm³/mol. The lowest BCUT2D eigenvalue weighted by molar-refractivity contribution is -0.122. The van der Waals surface area contributed by atoms with Gasteiger partial charge in [0.2, 0.25) is 5.91 Å². The molecule has 3 N–H and O–H groups in total. The average Bonchev–Trinajstić information content (AvgIpc) is 2.52. The van der Waals surface area contributed by atoms with Crippen LogP contribution < -0.4 is 11.1 Å². The first kappa shape index (κ1) is 19.0. The van der Waals surface area contributed by atoms with Gasteiger partial charge in [-0.2, -0.15) is 0 Å². The van der Waals surface area contributed by atoms with E-state index in [-0.39, 0.29) is 23.9 Å². The Hall–Kier alpha value is -1.06. The summed E-state index contributed by atoms with van der Waals surface area (Å²) in [6, 6.07) is 8.59. The van der Waals surface area contributed by atoms with Crippen LogP contribution in [0, 0.1) is 5.92 Å². The molecule has 0 spiro atoms. The second-order valence-corrected chi connectivity index (χ2v) is 6.43. The zero-order valence-electron chi connectivity index (χ0n) is 13.7. The summed E-state index contributed by atoms with van der Waals surface area (Å²) in [4.78, 5) is 12.1. The first-order valence-electron chi connectivity index (χ1n) is 8.18. The zero-order valence-corrected chi connectivity index (χ0v) is 14.5. The highest BCUT2D eigenvalue weighted by molar-refractivity contribution is 5.85. The topological polar surface area (TPSA) is 55.1 Å². The van der Waals surface area contributed by atoms with Crippen molar-refractivity contribution >= 4 is 18.3 Å². The van der Waals surface area contributed by atoms with Gasteiger partial charge in [-0.1, -0.05) is 38.1 Å². The van der Waals surface area contributed by atoms with Gasteiger partial charge >= 0.3 is 0 Å². The van der Waals surface area contributed by atoms with Crippen LogP contribution in [0.25, 0.3) is 0 Å². The standard InChI is InChI=1S/C18H28N2O.ClH/c1-3-18(19,4-2)13-20-17(21)12-14-9-10-15-7-5-6-8-16(15)11-14;/h5-8,14H,3-4,9-13,19H2,1-2H3,(H,20,21);1H. The smallest absolute Gasteiger partial charge is 0.220 e. The lowest BCUT2D eigenvalue weighted by Crippen LogP contribution is -2.49. The Bertz CT molecular complexity index is 486. The molecular weight excluding hydrogens is 296 g/mol. The van der Waals surface area contributed by atoms with Gasteiger partial charge in [0.15, 0.2) is 0 Å². The molecule has 2 rings (SSSR count). The summed E-state index contributed by atoms with van der Waals surface area (Å²) in [5.41, 5.74) is 8.84. The number of nitrogens with two attached hydrogens (primary N) is 1. The van der Waals surface area contributed by atoms with Gasteiger partial charge in [-0.15, -0.1) is 12.4 Å². The van der Waals surface area contributed by atoms with Crippen molar-refractivity contribution in [2.45, 2.75) is 57.9 Å². The Labute approximate surface area is 140 Å². The van der Waals surface area contributed by atoms with Gasteiger partial charge in [0.1, 0.15) is 0 Å². The van der Waals surface area contributed by atoms with Gasteiger partial charge in [-0.25, -0.2) is 0 Å². The fraction of sp³-hybridized carbons (Fsp3) is 0.611. The molecule has 0 aromatic heterocycles. The number of amides is 1. The van der Waals surface area contributed by atoms with Crippen molar-refractivity contribution in [3.05, 3.63) is 35.4 Å². The van der Waals surface area contributed by atoms with Gasteiger partial charge in [-0.05, 0) is 49.1 Å². The van der Waals surface area contributed by atoms with Crippen molar-refractivity contribution in [1.82, 2.24) is 5.32 Å². The summed E-state index contributed by atoms with van der Waals surface area (Å²) >= 11 is 0. The number of rotatable bonds is 6. The summed E-state index contributed by atoms with van der Waals surface area (Å²) in [6.07, 6.45) is 5.64. The van der Waals surface area contributed by atoms with Gasteiger partial charge < -0.3 is 11.1 Å². The highest BCUT2D eigenvalue weighted by Gasteiger charge is 2.23. The van der Waals surface area contributed by atoms with E-state index in [0.717, 1.165) is 32.1 Å². The minimum atomic E-state index is -0.255. The molecule has 1 aromatic rings. The van der Waals surface area contributed by atoms with E-state index in [1.165, 1.54) is 11.1 Å². The highest BCUT2D eigenvalue weighted by Crippen LogP contribution is 2.27. The number of hydrogen-bond acceptors (Lipinski definition) is 2. The van der Waals surface area contributed by atoms with Crippen LogP contribution in [0.3, 0.4) is 0 Å². The third-order valence-electron chi connectivity index (χ3n) is 4.97. The number of nitrogens with one attached hydrogen (secondary N) is 1. The van der Waals surface area contributed by atoms with Gasteiger partial charge in [-0.3, -0.25) is 4.79 Å². The quantitative estimate of drug-likeness (QED) is 0.844. The Morgan fingerprint density at radius 2 is 1.91 bits per heavy atom.